The number of nitrogens with zero attached hydrogens (tertiary/aromatic N) is 1. The Morgan fingerprint density at radius 2 is 1.63 bits per heavy atom. The molecule has 0 aliphatic rings. The summed E-state index contributed by atoms with van der Waals surface area (Å²) in [6.45, 7) is 2.61. The van der Waals surface area contributed by atoms with E-state index in [-0.39, 0.29) is 15.5 Å². The molecule has 0 bridgehead atoms. The Hall–Kier alpha value is -2.61. The predicted octanol–water partition coefficient (Wildman–Crippen LogP) is 2.22. The first-order valence-corrected chi connectivity index (χ1v) is 11.1. The predicted molar refractivity (Wildman–Crippen MR) is 103 cm³/mol. The summed E-state index contributed by atoms with van der Waals surface area (Å²) in [5.74, 6) is 0. The fourth-order valence-electron chi connectivity index (χ4n) is 2.25. The highest BCUT2D eigenvalue weighted by atomic mass is 32.2. The van der Waals surface area contributed by atoms with Crippen LogP contribution < -0.4 is 15.2 Å². The molecule has 27 heavy (non-hydrogen) atoms. The van der Waals surface area contributed by atoms with Crippen LogP contribution in [0.1, 0.15) is 25.3 Å². The molecule has 8 nitrogen and oxygen atoms in total. The van der Waals surface area contributed by atoms with E-state index in [2.05, 4.69) is 10.0 Å². The molecule has 0 aliphatic heterocycles. The van der Waals surface area contributed by atoms with Crippen LogP contribution in [0.15, 0.2) is 52.3 Å². The van der Waals surface area contributed by atoms with Crippen molar-refractivity contribution in [1.82, 2.24) is 0 Å². The van der Waals surface area contributed by atoms with Crippen LogP contribution in [0.3, 0.4) is 0 Å². The lowest BCUT2D eigenvalue weighted by molar-refractivity contribution is 0.596. The average Bonchev–Trinajstić information content (AvgIpc) is 2.62. The highest BCUT2D eigenvalue weighted by Gasteiger charge is 2.18. The van der Waals surface area contributed by atoms with Crippen LogP contribution >= 0.6 is 0 Å². The van der Waals surface area contributed by atoms with E-state index in [1.165, 1.54) is 42.5 Å². The van der Waals surface area contributed by atoms with Crippen molar-refractivity contribution < 1.29 is 16.8 Å². The number of nitrogens with two attached hydrogens (primary N) is 1. The minimum Gasteiger partial charge on any atom is -0.383 e. The number of nitrogens with one attached hydrogen (secondary N) is 2. The molecule has 0 saturated heterocycles. The number of sulfonamides is 2. The van der Waals surface area contributed by atoms with Crippen LogP contribution in [-0.2, 0) is 20.0 Å². The van der Waals surface area contributed by atoms with Gasteiger partial charge < -0.3 is 5.32 Å². The van der Waals surface area contributed by atoms with Gasteiger partial charge in [-0.25, -0.2) is 22.0 Å². The van der Waals surface area contributed by atoms with Gasteiger partial charge in [-0.2, -0.15) is 5.26 Å². The second-order valence-electron chi connectivity index (χ2n) is 5.77. The highest BCUT2D eigenvalue weighted by molar-refractivity contribution is 7.92. The smallest absolute Gasteiger partial charge is 0.261 e. The number of rotatable bonds is 8. The van der Waals surface area contributed by atoms with E-state index < -0.39 is 20.0 Å². The zero-order valence-corrected chi connectivity index (χ0v) is 16.3. The second-order valence-corrected chi connectivity index (χ2v) is 9.02. The van der Waals surface area contributed by atoms with Crippen molar-refractivity contribution in [2.45, 2.75) is 29.6 Å². The average molecular weight is 409 g/mol. The van der Waals surface area contributed by atoms with Crippen LogP contribution in [0.2, 0.25) is 0 Å². The van der Waals surface area contributed by atoms with Crippen molar-refractivity contribution in [3.8, 4) is 6.07 Å². The van der Waals surface area contributed by atoms with Crippen molar-refractivity contribution in [3.63, 3.8) is 0 Å². The molecule has 0 radical (unpaired) electrons. The Morgan fingerprint density at radius 3 is 2.19 bits per heavy atom. The molecule has 0 heterocycles. The maximum absolute atomic E-state index is 12.6. The Kier molecular flexibility index (Phi) is 6.43. The lowest BCUT2D eigenvalue weighted by Gasteiger charge is -2.15. The maximum Gasteiger partial charge on any atom is 0.261 e. The fraction of sp³-hybridized carbons (Fsp3) is 0.235. The monoisotopic (exact) mass is 408 g/mol. The molecule has 0 amide bonds. The summed E-state index contributed by atoms with van der Waals surface area (Å²) in [5, 5.41) is 17.0. The molecule has 10 heteroatoms. The first kappa shape index (κ1) is 20.7. The molecule has 2 aromatic carbocycles. The van der Waals surface area contributed by atoms with E-state index in [1.54, 1.807) is 0 Å². The van der Waals surface area contributed by atoms with Gasteiger partial charge in [0, 0.05) is 6.54 Å². The highest BCUT2D eigenvalue weighted by Crippen LogP contribution is 2.28. The summed E-state index contributed by atoms with van der Waals surface area (Å²) in [5.41, 5.74) is 0.835. The van der Waals surface area contributed by atoms with Crippen LogP contribution in [0.4, 0.5) is 11.4 Å². The quantitative estimate of drug-likeness (QED) is 0.572. The summed E-state index contributed by atoms with van der Waals surface area (Å²) >= 11 is 0. The summed E-state index contributed by atoms with van der Waals surface area (Å²) < 4.78 is 50.9. The molecule has 0 atom stereocenters. The molecule has 0 unspecified atom stereocenters. The number of anilines is 2. The molecule has 0 spiro atoms. The van der Waals surface area contributed by atoms with Crippen molar-refractivity contribution in [1.29, 1.82) is 5.26 Å². The SMILES string of the molecule is CCCCNc1ccc(S(N)(=O)=O)cc1NS(=O)(=O)c1ccc(C#N)cc1. The van der Waals surface area contributed by atoms with Crippen LogP contribution in [-0.4, -0.2) is 23.4 Å². The first-order chi connectivity index (χ1) is 12.7. The van der Waals surface area contributed by atoms with Crippen LogP contribution in [0, 0.1) is 11.3 Å². The minimum atomic E-state index is -4.00. The van der Waals surface area contributed by atoms with E-state index in [0.29, 0.717) is 17.8 Å². The van der Waals surface area contributed by atoms with Gasteiger partial charge in [0.25, 0.3) is 10.0 Å². The van der Waals surface area contributed by atoms with E-state index in [4.69, 9.17) is 10.4 Å². The lowest BCUT2D eigenvalue weighted by atomic mass is 10.2. The lowest BCUT2D eigenvalue weighted by Crippen LogP contribution is -2.17. The molecule has 144 valence electrons. The first-order valence-electron chi connectivity index (χ1n) is 8.11. The summed E-state index contributed by atoms with van der Waals surface area (Å²) in [6, 6.07) is 11.2. The molecule has 4 N–H and O–H groups in total. The second kappa shape index (κ2) is 8.39. The van der Waals surface area contributed by atoms with Crippen LogP contribution in [0.25, 0.3) is 0 Å². The third-order valence-electron chi connectivity index (χ3n) is 3.70. The Balaban J connectivity index is 2.42. The molecule has 2 rings (SSSR count). The van der Waals surface area contributed by atoms with Gasteiger partial charge in [-0.05, 0) is 48.9 Å². The Bertz CT molecular complexity index is 1060. The molecule has 0 aromatic heterocycles. The van der Waals surface area contributed by atoms with Gasteiger partial charge in [-0.3, -0.25) is 4.72 Å². The number of hydrogen-bond donors (Lipinski definition) is 3. The molecule has 2 aromatic rings. The van der Waals surface area contributed by atoms with Crippen molar-refractivity contribution in [2.24, 2.45) is 5.14 Å². The normalized spacial score (nSPS) is 11.6. The number of primary sulfonamides is 1. The van der Waals surface area contributed by atoms with Gasteiger partial charge in [0.15, 0.2) is 0 Å². The van der Waals surface area contributed by atoms with Gasteiger partial charge in [-0.15, -0.1) is 0 Å². The van der Waals surface area contributed by atoms with E-state index >= 15 is 0 Å². The van der Waals surface area contributed by atoms with Crippen molar-refractivity contribution in [2.75, 3.05) is 16.6 Å². The van der Waals surface area contributed by atoms with Crippen LogP contribution in [0.5, 0.6) is 0 Å². The molecular formula is C17H20N4O4S2. The molecule has 0 saturated carbocycles. The van der Waals surface area contributed by atoms with Gasteiger partial charge >= 0.3 is 0 Å². The number of nitriles is 1. The summed E-state index contributed by atoms with van der Waals surface area (Å²) in [4.78, 5) is -0.261. The zero-order chi connectivity index (χ0) is 20.1. The minimum absolute atomic E-state index is 0.0537. The van der Waals surface area contributed by atoms with E-state index in [9.17, 15) is 16.8 Å². The third kappa shape index (κ3) is 5.43. The standard InChI is InChI=1S/C17H20N4O4S2/c1-2-3-10-20-16-9-8-15(26(19,22)23)11-17(16)21-27(24,25)14-6-4-13(12-18)5-7-14/h4-9,11,20-21H,2-3,10H2,1H3,(H2,19,22,23). The Labute approximate surface area is 159 Å². The molecule has 0 aliphatic carbocycles. The molecule has 0 fully saturated rings. The maximum atomic E-state index is 12.6. The summed E-state index contributed by atoms with van der Waals surface area (Å²) in [6.07, 6.45) is 1.80. The van der Waals surface area contributed by atoms with Gasteiger partial charge in [-0.1, -0.05) is 13.3 Å². The van der Waals surface area contributed by atoms with Gasteiger partial charge in [0.05, 0.1) is 32.8 Å². The molecular weight excluding hydrogens is 388 g/mol. The van der Waals surface area contributed by atoms with E-state index in [1.807, 2.05) is 13.0 Å². The summed E-state index contributed by atoms with van der Waals surface area (Å²) in [7, 11) is -7.98. The van der Waals surface area contributed by atoms with Gasteiger partial charge in [0.2, 0.25) is 10.0 Å². The van der Waals surface area contributed by atoms with Crippen molar-refractivity contribution >= 4 is 31.4 Å². The number of hydrogen-bond acceptors (Lipinski definition) is 6. The van der Waals surface area contributed by atoms with Gasteiger partial charge in [0.1, 0.15) is 0 Å². The number of unbranched alkanes of at least 4 members (excludes halogenated alkanes) is 1. The largest absolute Gasteiger partial charge is 0.383 e. The van der Waals surface area contributed by atoms with E-state index in [0.717, 1.165) is 12.8 Å². The number of benzene rings is 2. The Morgan fingerprint density at radius 1 is 1.00 bits per heavy atom. The van der Waals surface area contributed by atoms with Crippen molar-refractivity contribution in [3.05, 3.63) is 48.0 Å². The topological polar surface area (TPSA) is 142 Å². The fourth-order valence-corrected chi connectivity index (χ4v) is 3.86. The zero-order valence-electron chi connectivity index (χ0n) is 14.6. The third-order valence-corrected chi connectivity index (χ3v) is 6.00.